The van der Waals surface area contributed by atoms with E-state index >= 15 is 0 Å². The highest BCUT2D eigenvalue weighted by Crippen LogP contribution is 2.37. The lowest BCUT2D eigenvalue weighted by atomic mass is 10.2. The van der Waals surface area contributed by atoms with Crippen molar-refractivity contribution in [2.45, 2.75) is 6.04 Å². The predicted molar refractivity (Wildman–Crippen MR) is 80.1 cm³/mol. The Morgan fingerprint density at radius 1 is 1.32 bits per heavy atom. The van der Waals surface area contributed by atoms with Gasteiger partial charge in [0.15, 0.2) is 5.96 Å². The topological polar surface area (TPSA) is 41.6 Å². The molecule has 1 atom stereocenters. The average Bonchev–Trinajstić information content (AvgIpc) is 2.97. The van der Waals surface area contributed by atoms with Crippen LogP contribution in [-0.4, -0.2) is 12.5 Å². The summed E-state index contributed by atoms with van der Waals surface area (Å²) in [5, 5.41) is 2.02. The molecule has 0 bridgehead atoms. The lowest BCUT2D eigenvalue weighted by Gasteiger charge is -2.26. The highest BCUT2D eigenvalue weighted by molar-refractivity contribution is 9.10. The quantitative estimate of drug-likeness (QED) is 0.909. The maximum Gasteiger partial charge on any atom is 0.196 e. The Labute approximate surface area is 122 Å². The van der Waals surface area contributed by atoms with Crippen molar-refractivity contribution in [3.8, 4) is 0 Å². The van der Waals surface area contributed by atoms with Crippen LogP contribution in [0.1, 0.15) is 10.9 Å². The van der Waals surface area contributed by atoms with Crippen LogP contribution in [0, 0.1) is 5.82 Å². The van der Waals surface area contributed by atoms with Crippen LogP contribution in [0.5, 0.6) is 0 Å². The van der Waals surface area contributed by atoms with Gasteiger partial charge in [-0.2, -0.15) is 0 Å². The molecule has 0 amide bonds. The normalized spacial score (nSPS) is 18.7. The van der Waals surface area contributed by atoms with Crippen LogP contribution in [0.15, 0.2) is 45.2 Å². The monoisotopic (exact) mass is 339 g/mol. The van der Waals surface area contributed by atoms with Crippen molar-refractivity contribution in [1.82, 2.24) is 0 Å². The van der Waals surface area contributed by atoms with Crippen molar-refractivity contribution in [2.24, 2.45) is 10.7 Å². The van der Waals surface area contributed by atoms with E-state index in [1.54, 1.807) is 23.5 Å². The second-order valence-electron chi connectivity index (χ2n) is 4.19. The van der Waals surface area contributed by atoms with Gasteiger partial charge in [-0.15, -0.1) is 11.3 Å². The first-order valence-corrected chi connectivity index (χ1v) is 7.41. The van der Waals surface area contributed by atoms with Gasteiger partial charge >= 0.3 is 0 Å². The number of nitrogens with zero attached hydrogens (tertiary/aromatic N) is 2. The van der Waals surface area contributed by atoms with Gasteiger partial charge in [0.2, 0.25) is 0 Å². The van der Waals surface area contributed by atoms with Crippen LogP contribution in [0.4, 0.5) is 10.1 Å². The third kappa shape index (κ3) is 2.26. The summed E-state index contributed by atoms with van der Waals surface area (Å²) in [6, 6.07) is 8.38. The number of benzene rings is 1. The molecule has 2 aromatic rings. The van der Waals surface area contributed by atoms with Gasteiger partial charge in [-0.25, -0.2) is 4.39 Å². The van der Waals surface area contributed by atoms with E-state index in [4.69, 9.17) is 5.73 Å². The standard InChI is InChI=1S/C13H11BrFN3S/c14-10-5-6-19-12(10)11-7-17-13(16)18(11)9-3-1-8(15)2-4-9/h1-6,11H,7H2,(H2,16,17). The fraction of sp³-hybridized carbons (Fsp3) is 0.154. The molecular formula is C13H11BrFN3S. The number of guanidine groups is 1. The molecule has 3 nitrogen and oxygen atoms in total. The summed E-state index contributed by atoms with van der Waals surface area (Å²) in [6.45, 7) is 0.613. The first kappa shape index (κ1) is 12.6. The minimum absolute atomic E-state index is 0.0693. The minimum Gasteiger partial charge on any atom is -0.369 e. The second kappa shape index (κ2) is 4.94. The molecule has 1 aromatic heterocycles. The number of rotatable bonds is 2. The van der Waals surface area contributed by atoms with E-state index in [9.17, 15) is 4.39 Å². The van der Waals surface area contributed by atoms with Crippen LogP contribution in [0.25, 0.3) is 0 Å². The molecule has 0 fully saturated rings. The fourth-order valence-electron chi connectivity index (χ4n) is 2.15. The number of nitrogens with two attached hydrogens (primary N) is 1. The van der Waals surface area contributed by atoms with Crippen LogP contribution in [0.3, 0.4) is 0 Å². The molecule has 2 N–H and O–H groups in total. The molecule has 0 saturated carbocycles. The maximum atomic E-state index is 13.0. The lowest BCUT2D eigenvalue weighted by Crippen LogP contribution is -2.35. The number of aliphatic imine (C=N–C) groups is 1. The van der Waals surface area contributed by atoms with Crippen molar-refractivity contribution < 1.29 is 4.39 Å². The van der Waals surface area contributed by atoms with Gasteiger partial charge in [-0.1, -0.05) is 0 Å². The van der Waals surface area contributed by atoms with Crippen molar-refractivity contribution in [1.29, 1.82) is 0 Å². The van der Waals surface area contributed by atoms with Gasteiger partial charge in [0.05, 0.1) is 12.6 Å². The van der Waals surface area contributed by atoms with Gasteiger partial charge < -0.3 is 10.6 Å². The zero-order chi connectivity index (χ0) is 13.4. The summed E-state index contributed by atoms with van der Waals surface area (Å²) in [4.78, 5) is 7.42. The smallest absolute Gasteiger partial charge is 0.196 e. The van der Waals surface area contributed by atoms with E-state index in [-0.39, 0.29) is 11.9 Å². The van der Waals surface area contributed by atoms with E-state index < -0.39 is 0 Å². The van der Waals surface area contributed by atoms with Gasteiger partial charge in [-0.05, 0) is 51.6 Å². The van der Waals surface area contributed by atoms with Gasteiger partial charge in [0.1, 0.15) is 5.82 Å². The SMILES string of the molecule is NC1=NCC(c2sccc2Br)N1c1ccc(F)cc1. The number of thiophene rings is 1. The zero-order valence-corrected chi connectivity index (χ0v) is 12.3. The highest BCUT2D eigenvalue weighted by Gasteiger charge is 2.30. The Kier molecular flexibility index (Phi) is 3.28. The maximum absolute atomic E-state index is 13.0. The predicted octanol–water partition coefficient (Wildman–Crippen LogP) is 3.53. The van der Waals surface area contributed by atoms with Crippen LogP contribution < -0.4 is 10.6 Å². The molecule has 1 aliphatic rings. The van der Waals surface area contributed by atoms with Crippen LogP contribution in [-0.2, 0) is 0 Å². The minimum atomic E-state index is -0.257. The third-order valence-corrected chi connectivity index (χ3v) is 5.01. The van der Waals surface area contributed by atoms with Crippen molar-refractivity contribution >= 4 is 38.9 Å². The molecular weight excluding hydrogens is 329 g/mol. The largest absolute Gasteiger partial charge is 0.369 e. The van der Waals surface area contributed by atoms with Crippen LogP contribution in [0.2, 0.25) is 0 Å². The second-order valence-corrected chi connectivity index (χ2v) is 6.00. The molecule has 2 heterocycles. The molecule has 0 aliphatic carbocycles. The average molecular weight is 340 g/mol. The lowest BCUT2D eigenvalue weighted by molar-refractivity contribution is 0.627. The molecule has 6 heteroatoms. The van der Waals surface area contributed by atoms with E-state index in [1.165, 1.54) is 17.0 Å². The van der Waals surface area contributed by atoms with Gasteiger partial charge in [-0.3, -0.25) is 4.99 Å². The Morgan fingerprint density at radius 2 is 2.05 bits per heavy atom. The zero-order valence-electron chi connectivity index (χ0n) is 9.88. The summed E-state index contributed by atoms with van der Waals surface area (Å²) in [5.41, 5.74) is 6.82. The van der Waals surface area contributed by atoms with Crippen molar-refractivity contribution in [3.63, 3.8) is 0 Å². The van der Waals surface area contributed by atoms with E-state index in [0.29, 0.717) is 12.5 Å². The number of anilines is 1. The molecule has 1 aliphatic heterocycles. The molecule has 0 radical (unpaired) electrons. The van der Waals surface area contributed by atoms with Gasteiger partial charge in [0, 0.05) is 15.0 Å². The summed E-state index contributed by atoms with van der Waals surface area (Å²) >= 11 is 5.20. The number of hydrogen-bond donors (Lipinski definition) is 1. The van der Waals surface area contributed by atoms with Gasteiger partial charge in [0.25, 0.3) is 0 Å². The fourth-order valence-corrected chi connectivity index (χ4v) is 3.87. The first-order chi connectivity index (χ1) is 9.16. The Morgan fingerprint density at radius 3 is 2.68 bits per heavy atom. The molecule has 98 valence electrons. The summed E-state index contributed by atoms with van der Waals surface area (Å²) in [7, 11) is 0. The first-order valence-electron chi connectivity index (χ1n) is 5.74. The Balaban J connectivity index is 1.99. The molecule has 0 saturated heterocycles. The van der Waals surface area contributed by atoms with Crippen molar-refractivity contribution in [3.05, 3.63) is 50.9 Å². The molecule has 0 spiro atoms. The van der Waals surface area contributed by atoms with E-state index in [0.717, 1.165) is 10.2 Å². The molecule has 19 heavy (non-hydrogen) atoms. The van der Waals surface area contributed by atoms with Crippen LogP contribution >= 0.6 is 27.3 Å². The highest BCUT2D eigenvalue weighted by atomic mass is 79.9. The summed E-state index contributed by atoms with van der Waals surface area (Å²) < 4.78 is 14.1. The molecule has 1 unspecified atom stereocenters. The van der Waals surface area contributed by atoms with E-state index in [2.05, 4.69) is 20.9 Å². The van der Waals surface area contributed by atoms with Crippen molar-refractivity contribution in [2.75, 3.05) is 11.4 Å². The summed E-state index contributed by atoms with van der Waals surface area (Å²) in [6.07, 6.45) is 0. The number of halogens is 2. The third-order valence-electron chi connectivity index (χ3n) is 3.04. The molecule has 1 aromatic carbocycles. The number of hydrogen-bond acceptors (Lipinski definition) is 4. The summed E-state index contributed by atoms with van der Waals surface area (Å²) in [5.74, 6) is 0.212. The Hall–Kier alpha value is -1.40. The Bertz CT molecular complexity index is 623. The van der Waals surface area contributed by atoms with E-state index in [1.807, 2.05) is 16.3 Å². The molecule has 3 rings (SSSR count).